The van der Waals surface area contributed by atoms with Crippen LogP contribution in [0, 0.1) is 13.8 Å². The molecule has 0 aliphatic rings. The maximum Gasteiger partial charge on any atom is 0.241 e. The van der Waals surface area contributed by atoms with Crippen LogP contribution in [0.1, 0.15) is 18.1 Å². The third kappa shape index (κ3) is 5.40. The monoisotopic (exact) mass is 375 g/mol. The molecule has 2 amide bonds. The number of hydrogen-bond donors (Lipinski definition) is 3. The Balaban J connectivity index is 2.02. The van der Waals surface area contributed by atoms with Crippen LogP contribution in [0.5, 0.6) is 0 Å². The number of anilines is 2. The van der Waals surface area contributed by atoms with Gasteiger partial charge in [-0.1, -0.05) is 18.2 Å². The van der Waals surface area contributed by atoms with Crippen molar-refractivity contribution < 1.29 is 18.0 Å². The van der Waals surface area contributed by atoms with Crippen LogP contribution < -0.4 is 15.4 Å². The number of hydrogen-bond acceptors (Lipinski definition) is 4. The summed E-state index contributed by atoms with van der Waals surface area (Å²) in [5, 5.41) is 5.19. The van der Waals surface area contributed by atoms with Gasteiger partial charge >= 0.3 is 0 Å². The van der Waals surface area contributed by atoms with E-state index in [9.17, 15) is 18.0 Å². The van der Waals surface area contributed by atoms with Crippen LogP contribution in [-0.2, 0) is 19.6 Å². The van der Waals surface area contributed by atoms with Crippen LogP contribution in [0.3, 0.4) is 0 Å². The first-order chi connectivity index (χ1) is 12.2. The Kier molecular flexibility index (Phi) is 6.12. The Labute approximate surface area is 152 Å². The summed E-state index contributed by atoms with van der Waals surface area (Å²) in [4.78, 5) is 23.3. The van der Waals surface area contributed by atoms with Gasteiger partial charge in [-0.05, 0) is 49.2 Å². The number of benzene rings is 2. The highest BCUT2D eigenvalue weighted by atomic mass is 32.2. The molecule has 138 valence electrons. The van der Waals surface area contributed by atoms with Gasteiger partial charge in [0.05, 0.1) is 11.4 Å². The standard InChI is InChI=1S/C18H21N3O4S/c1-12-7-8-13(2)17(9-12)26(24,25)19-11-18(23)21-16-6-4-5-15(10-16)20-14(3)22/h4-10,19H,11H2,1-3H3,(H,20,22)(H,21,23). The lowest BCUT2D eigenvalue weighted by Gasteiger charge is -2.11. The molecule has 0 radical (unpaired) electrons. The minimum Gasteiger partial charge on any atom is -0.326 e. The van der Waals surface area contributed by atoms with E-state index in [1.54, 1.807) is 50.2 Å². The summed E-state index contributed by atoms with van der Waals surface area (Å²) >= 11 is 0. The fourth-order valence-electron chi connectivity index (χ4n) is 2.32. The minimum atomic E-state index is -3.79. The number of nitrogens with one attached hydrogen (secondary N) is 3. The molecule has 26 heavy (non-hydrogen) atoms. The first-order valence-corrected chi connectivity index (χ1v) is 9.40. The van der Waals surface area contributed by atoms with Crippen molar-refractivity contribution in [3.8, 4) is 0 Å². The molecule has 2 aromatic carbocycles. The van der Waals surface area contributed by atoms with E-state index in [0.717, 1.165) is 5.56 Å². The number of carbonyl (C=O) groups excluding carboxylic acids is 2. The van der Waals surface area contributed by atoms with E-state index in [1.807, 2.05) is 6.07 Å². The van der Waals surface area contributed by atoms with Crippen molar-refractivity contribution in [3.05, 3.63) is 53.6 Å². The zero-order valence-corrected chi connectivity index (χ0v) is 15.6. The lowest BCUT2D eigenvalue weighted by molar-refractivity contribution is -0.115. The van der Waals surface area contributed by atoms with E-state index in [1.165, 1.54) is 6.92 Å². The van der Waals surface area contributed by atoms with Gasteiger partial charge in [-0.2, -0.15) is 0 Å². The summed E-state index contributed by atoms with van der Waals surface area (Å²) in [5.74, 6) is -0.742. The molecule has 0 spiro atoms. The molecule has 0 unspecified atom stereocenters. The summed E-state index contributed by atoms with van der Waals surface area (Å²) in [6, 6.07) is 11.7. The van der Waals surface area contributed by atoms with Crippen molar-refractivity contribution in [2.24, 2.45) is 0 Å². The van der Waals surface area contributed by atoms with Crippen molar-refractivity contribution in [3.63, 3.8) is 0 Å². The second-order valence-corrected chi connectivity index (χ2v) is 7.64. The Morgan fingerprint density at radius 3 is 2.27 bits per heavy atom. The average molecular weight is 375 g/mol. The van der Waals surface area contributed by atoms with Crippen LogP contribution >= 0.6 is 0 Å². The first kappa shape index (κ1) is 19.6. The first-order valence-electron chi connectivity index (χ1n) is 7.92. The van der Waals surface area contributed by atoms with E-state index < -0.39 is 22.5 Å². The van der Waals surface area contributed by atoms with E-state index in [2.05, 4.69) is 15.4 Å². The van der Waals surface area contributed by atoms with Crippen molar-refractivity contribution in [2.45, 2.75) is 25.7 Å². The smallest absolute Gasteiger partial charge is 0.241 e. The van der Waals surface area contributed by atoms with E-state index in [4.69, 9.17) is 0 Å². The Morgan fingerprint density at radius 1 is 0.962 bits per heavy atom. The van der Waals surface area contributed by atoms with Gasteiger partial charge in [0.1, 0.15) is 0 Å². The SMILES string of the molecule is CC(=O)Nc1cccc(NC(=O)CNS(=O)(=O)c2cc(C)ccc2C)c1. The van der Waals surface area contributed by atoms with Gasteiger partial charge < -0.3 is 10.6 Å². The van der Waals surface area contributed by atoms with Crippen molar-refractivity contribution in [2.75, 3.05) is 17.2 Å². The normalized spacial score (nSPS) is 11.0. The summed E-state index contributed by atoms with van der Waals surface area (Å²) in [6.07, 6.45) is 0. The second-order valence-electron chi connectivity index (χ2n) is 5.90. The van der Waals surface area contributed by atoms with Gasteiger partial charge in [-0.3, -0.25) is 9.59 Å². The molecular formula is C18H21N3O4S. The summed E-state index contributed by atoms with van der Waals surface area (Å²) < 4.78 is 27.1. The lowest BCUT2D eigenvalue weighted by atomic mass is 10.2. The Morgan fingerprint density at radius 2 is 1.62 bits per heavy atom. The average Bonchev–Trinajstić information content (AvgIpc) is 2.55. The highest BCUT2D eigenvalue weighted by Crippen LogP contribution is 2.17. The van der Waals surface area contributed by atoms with E-state index in [0.29, 0.717) is 16.9 Å². The van der Waals surface area contributed by atoms with Gasteiger partial charge in [0.15, 0.2) is 0 Å². The van der Waals surface area contributed by atoms with Crippen molar-refractivity contribution in [1.82, 2.24) is 4.72 Å². The van der Waals surface area contributed by atoms with Crippen molar-refractivity contribution in [1.29, 1.82) is 0 Å². The fraction of sp³-hybridized carbons (Fsp3) is 0.222. The molecular weight excluding hydrogens is 354 g/mol. The van der Waals surface area contributed by atoms with E-state index in [-0.39, 0.29) is 10.8 Å². The van der Waals surface area contributed by atoms with Crippen LogP contribution in [0.4, 0.5) is 11.4 Å². The quantitative estimate of drug-likeness (QED) is 0.720. The maximum absolute atomic E-state index is 12.4. The number of carbonyl (C=O) groups is 2. The third-order valence-corrected chi connectivity index (χ3v) is 5.07. The molecule has 2 rings (SSSR count). The van der Waals surface area contributed by atoms with Crippen molar-refractivity contribution >= 4 is 33.2 Å². The zero-order valence-electron chi connectivity index (χ0n) is 14.8. The number of rotatable bonds is 6. The molecule has 8 heteroatoms. The minimum absolute atomic E-state index is 0.151. The molecule has 0 aliphatic heterocycles. The van der Waals surface area contributed by atoms with Gasteiger partial charge in [-0.15, -0.1) is 0 Å². The molecule has 0 aliphatic carbocycles. The van der Waals surface area contributed by atoms with Gasteiger partial charge in [0, 0.05) is 18.3 Å². The van der Waals surface area contributed by atoms with Crippen LogP contribution in [0.15, 0.2) is 47.4 Å². The topological polar surface area (TPSA) is 104 Å². The molecule has 0 saturated heterocycles. The predicted molar refractivity (Wildman–Crippen MR) is 100 cm³/mol. The molecule has 3 N–H and O–H groups in total. The lowest BCUT2D eigenvalue weighted by Crippen LogP contribution is -2.33. The highest BCUT2D eigenvalue weighted by Gasteiger charge is 2.18. The van der Waals surface area contributed by atoms with E-state index >= 15 is 0 Å². The highest BCUT2D eigenvalue weighted by molar-refractivity contribution is 7.89. The molecule has 0 fully saturated rings. The van der Waals surface area contributed by atoms with Gasteiger partial charge in [0.25, 0.3) is 0 Å². The van der Waals surface area contributed by atoms with Crippen LogP contribution in [0.25, 0.3) is 0 Å². The molecule has 0 atom stereocenters. The number of amides is 2. The Hall–Kier alpha value is -2.71. The molecule has 0 saturated carbocycles. The van der Waals surface area contributed by atoms with Gasteiger partial charge in [0.2, 0.25) is 21.8 Å². The Bertz CT molecular complexity index is 939. The number of aryl methyl sites for hydroxylation is 2. The largest absolute Gasteiger partial charge is 0.326 e. The molecule has 2 aromatic rings. The molecule has 0 aromatic heterocycles. The fourth-order valence-corrected chi connectivity index (χ4v) is 3.63. The predicted octanol–water partition coefficient (Wildman–Crippen LogP) is 2.18. The third-order valence-electron chi connectivity index (χ3n) is 3.52. The summed E-state index contributed by atoms with van der Waals surface area (Å²) in [7, 11) is -3.79. The van der Waals surface area contributed by atoms with Gasteiger partial charge in [-0.25, -0.2) is 13.1 Å². The summed E-state index contributed by atoms with van der Waals surface area (Å²) in [6.45, 7) is 4.47. The number of sulfonamides is 1. The summed E-state index contributed by atoms with van der Waals surface area (Å²) in [5.41, 5.74) is 2.40. The van der Waals surface area contributed by atoms with Crippen LogP contribution in [-0.4, -0.2) is 26.8 Å². The molecule has 0 bridgehead atoms. The molecule has 0 heterocycles. The maximum atomic E-state index is 12.4. The van der Waals surface area contributed by atoms with Crippen LogP contribution in [0.2, 0.25) is 0 Å². The molecule has 7 nitrogen and oxygen atoms in total. The zero-order chi connectivity index (χ0) is 19.3. The second kappa shape index (κ2) is 8.11.